The molecule has 2 aliphatic heterocycles. The minimum atomic E-state index is -4.57. The number of amides is 2. The van der Waals surface area contributed by atoms with Crippen molar-refractivity contribution < 1.29 is 22.8 Å². The van der Waals surface area contributed by atoms with Gasteiger partial charge in [-0.05, 0) is 6.42 Å². The molecule has 0 bridgehead atoms. The average molecular weight is 360 g/mol. The van der Waals surface area contributed by atoms with Gasteiger partial charge in [-0.25, -0.2) is 0 Å². The highest BCUT2D eigenvalue weighted by atomic mass is 19.4. The molecular weight excluding hydrogens is 341 g/mol. The molecule has 0 aliphatic carbocycles. The summed E-state index contributed by atoms with van der Waals surface area (Å²) in [6.45, 7) is 1.06. The average Bonchev–Trinajstić information content (AvgIpc) is 3.12. The number of hydrogen-bond donors (Lipinski definition) is 1. The largest absolute Gasteiger partial charge is 0.451 e. The van der Waals surface area contributed by atoms with Crippen molar-refractivity contribution in [2.24, 2.45) is 5.73 Å². The maximum absolute atomic E-state index is 12.8. The van der Waals surface area contributed by atoms with E-state index in [1.54, 1.807) is 4.90 Å². The van der Waals surface area contributed by atoms with E-state index in [2.05, 4.69) is 10.2 Å². The number of likely N-dealkylation sites (tertiary alicyclic amines) is 1. The van der Waals surface area contributed by atoms with Gasteiger partial charge in [0.1, 0.15) is 0 Å². The van der Waals surface area contributed by atoms with Crippen LogP contribution in [0.2, 0.25) is 0 Å². The topological polar surface area (TPSA) is 97.3 Å². The Hall–Kier alpha value is -2.17. The molecule has 1 aromatic heterocycles. The molecule has 8 nitrogen and oxygen atoms in total. The van der Waals surface area contributed by atoms with Crippen LogP contribution < -0.4 is 5.73 Å². The molecule has 2 N–H and O–H groups in total. The number of carbonyl (C=O) groups is 2. The lowest BCUT2D eigenvalue weighted by Gasteiger charge is -2.29. The summed E-state index contributed by atoms with van der Waals surface area (Å²) in [7, 11) is 0. The van der Waals surface area contributed by atoms with E-state index in [1.807, 2.05) is 0 Å². The molecule has 1 aromatic rings. The zero-order chi connectivity index (χ0) is 18.2. The molecule has 3 rings (SSSR count). The van der Waals surface area contributed by atoms with Crippen LogP contribution in [-0.2, 0) is 28.9 Å². The molecule has 2 aliphatic rings. The summed E-state index contributed by atoms with van der Waals surface area (Å²) in [5.74, 6) is -1.16. The number of alkyl halides is 3. The first kappa shape index (κ1) is 17.6. The third-order valence-electron chi connectivity index (χ3n) is 4.42. The lowest BCUT2D eigenvalue weighted by atomic mass is 10.1. The summed E-state index contributed by atoms with van der Waals surface area (Å²) < 4.78 is 39.4. The van der Waals surface area contributed by atoms with Gasteiger partial charge in [0.2, 0.25) is 17.6 Å². The Balaban J connectivity index is 1.57. The Labute approximate surface area is 141 Å². The van der Waals surface area contributed by atoms with E-state index in [0.717, 1.165) is 11.0 Å². The predicted molar refractivity (Wildman–Crippen MR) is 78.8 cm³/mol. The van der Waals surface area contributed by atoms with Gasteiger partial charge in [0.25, 0.3) is 0 Å². The molecule has 1 unspecified atom stereocenters. The van der Waals surface area contributed by atoms with Crippen molar-refractivity contribution in [1.29, 1.82) is 0 Å². The number of hydrogen-bond acceptors (Lipinski definition) is 5. The van der Waals surface area contributed by atoms with Gasteiger partial charge >= 0.3 is 6.18 Å². The third kappa shape index (κ3) is 3.75. The van der Waals surface area contributed by atoms with Crippen LogP contribution >= 0.6 is 0 Å². The zero-order valence-electron chi connectivity index (χ0n) is 13.5. The summed E-state index contributed by atoms with van der Waals surface area (Å²) in [5.41, 5.74) is 5.96. The number of aromatic nitrogens is 3. The van der Waals surface area contributed by atoms with E-state index in [4.69, 9.17) is 5.73 Å². The molecule has 1 fully saturated rings. The number of nitrogens with zero attached hydrogens (tertiary/aromatic N) is 5. The van der Waals surface area contributed by atoms with E-state index in [9.17, 15) is 22.8 Å². The maximum Gasteiger partial charge on any atom is 0.451 e. The van der Waals surface area contributed by atoms with Crippen LogP contribution in [0.1, 0.15) is 30.9 Å². The summed E-state index contributed by atoms with van der Waals surface area (Å²) >= 11 is 0. The Morgan fingerprint density at radius 2 is 2.00 bits per heavy atom. The fourth-order valence-corrected chi connectivity index (χ4v) is 3.18. The molecule has 2 amide bonds. The standard InChI is InChI=1S/C14H19F3N6O2/c15-14(16,17)13-20-19-10-8-22(4-5-23(10)13)12(25)6-9(18)7-21-3-1-2-11(21)24/h9H,1-8,18H2. The molecule has 0 aromatic carbocycles. The molecule has 0 spiro atoms. The number of nitrogens with two attached hydrogens (primary N) is 1. The van der Waals surface area contributed by atoms with Gasteiger partial charge in [0.05, 0.1) is 6.54 Å². The van der Waals surface area contributed by atoms with E-state index in [-0.39, 0.29) is 43.7 Å². The fraction of sp³-hybridized carbons (Fsp3) is 0.714. The Bertz CT molecular complexity index is 674. The van der Waals surface area contributed by atoms with Crippen LogP contribution in [0.15, 0.2) is 0 Å². The van der Waals surface area contributed by atoms with Crippen LogP contribution in [0.4, 0.5) is 13.2 Å². The zero-order valence-corrected chi connectivity index (χ0v) is 13.5. The van der Waals surface area contributed by atoms with Gasteiger partial charge in [0, 0.05) is 45.1 Å². The van der Waals surface area contributed by atoms with E-state index < -0.39 is 18.0 Å². The molecule has 1 saturated heterocycles. The summed E-state index contributed by atoms with van der Waals surface area (Å²) in [6, 6.07) is -0.500. The van der Waals surface area contributed by atoms with E-state index >= 15 is 0 Å². The van der Waals surface area contributed by atoms with Crippen molar-refractivity contribution in [2.75, 3.05) is 19.6 Å². The van der Waals surface area contributed by atoms with Crippen molar-refractivity contribution in [2.45, 2.75) is 44.6 Å². The predicted octanol–water partition coefficient (Wildman–Crippen LogP) is -0.0211. The molecule has 11 heteroatoms. The quantitative estimate of drug-likeness (QED) is 0.814. The highest BCUT2D eigenvalue weighted by Crippen LogP contribution is 2.29. The van der Waals surface area contributed by atoms with E-state index in [1.165, 1.54) is 4.90 Å². The lowest BCUT2D eigenvalue weighted by Crippen LogP contribution is -2.44. The first-order chi connectivity index (χ1) is 11.8. The second kappa shape index (κ2) is 6.62. The molecule has 0 saturated carbocycles. The molecule has 138 valence electrons. The smallest absolute Gasteiger partial charge is 0.341 e. The van der Waals surface area contributed by atoms with Crippen molar-refractivity contribution in [3.8, 4) is 0 Å². The van der Waals surface area contributed by atoms with Gasteiger partial charge < -0.3 is 20.1 Å². The molecule has 0 radical (unpaired) electrons. The van der Waals surface area contributed by atoms with Gasteiger partial charge in [-0.2, -0.15) is 13.2 Å². The molecule has 25 heavy (non-hydrogen) atoms. The first-order valence-corrected chi connectivity index (χ1v) is 8.06. The summed E-state index contributed by atoms with van der Waals surface area (Å²) in [5, 5.41) is 6.72. The third-order valence-corrected chi connectivity index (χ3v) is 4.42. The van der Waals surface area contributed by atoms with Crippen LogP contribution in [0.25, 0.3) is 0 Å². The van der Waals surface area contributed by atoms with Gasteiger partial charge in [0.15, 0.2) is 5.82 Å². The van der Waals surface area contributed by atoms with Crippen molar-refractivity contribution >= 4 is 11.8 Å². The number of halogens is 3. The summed E-state index contributed by atoms with van der Waals surface area (Å²) in [6.07, 6.45) is -3.24. The highest BCUT2D eigenvalue weighted by Gasteiger charge is 2.40. The van der Waals surface area contributed by atoms with Crippen molar-refractivity contribution in [3.63, 3.8) is 0 Å². The van der Waals surface area contributed by atoms with Gasteiger partial charge in [-0.1, -0.05) is 0 Å². The Morgan fingerprint density at radius 3 is 2.64 bits per heavy atom. The van der Waals surface area contributed by atoms with Crippen molar-refractivity contribution in [3.05, 3.63) is 11.6 Å². The van der Waals surface area contributed by atoms with Crippen molar-refractivity contribution in [1.82, 2.24) is 24.6 Å². The van der Waals surface area contributed by atoms with E-state index in [0.29, 0.717) is 19.5 Å². The Kier molecular flexibility index (Phi) is 4.67. The molecular formula is C14H19F3N6O2. The molecule has 3 heterocycles. The second-order valence-electron chi connectivity index (χ2n) is 6.31. The normalized spacial score (nSPS) is 19.3. The minimum absolute atomic E-state index is 0.0111. The fourth-order valence-electron chi connectivity index (χ4n) is 3.18. The first-order valence-electron chi connectivity index (χ1n) is 8.06. The summed E-state index contributed by atoms with van der Waals surface area (Å²) in [4.78, 5) is 27.0. The van der Waals surface area contributed by atoms with Crippen LogP contribution in [0.5, 0.6) is 0 Å². The van der Waals surface area contributed by atoms with Gasteiger partial charge in [-0.3, -0.25) is 9.59 Å². The maximum atomic E-state index is 12.8. The number of carbonyl (C=O) groups excluding carboxylic acids is 2. The highest BCUT2D eigenvalue weighted by molar-refractivity contribution is 5.79. The molecule has 1 atom stereocenters. The number of fused-ring (bicyclic) bond motifs is 1. The minimum Gasteiger partial charge on any atom is -0.341 e. The SMILES string of the molecule is NC(CC(=O)N1CCn2c(nnc2C(F)(F)F)C1)CN1CCCC1=O. The monoisotopic (exact) mass is 360 g/mol. The lowest BCUT2D eigenvalue weighted by molar-refractivity contribution is -0.148. The number of rotatable bonds is 4. The Morgan fingerprint density at radius 1 is 1.24 bits per heavy atom. The van der Waals surface area contributed by atoms with Crippen LogP contribution in [-0.4, -0.2) is 62.1 Å². The van der Waals surface area contributed by atoms with Crippen LogP contribution in [0.3, 0.4) is 0 Å². The second-order valence-corrected chi connectivity index (χ2v) is 6.31. The van der Waals surface area contributed by atoms with Crippen LogP contribution in [0, 0.1) is 0 Å². The van der Waals surface area contributed by atoms with Gasteiger partial charge in [-0.15, -0.1) is 10.2 Å².